The maximum Gasteiger partial charge on any atom is 0.437 e. The normalized spacial score (nSPS) is 11.2. The zero-order valence-corrected chi connectivity index (χ0v) is 8.00. The van der Waals surface area contributed by atoms with Gasteiger partial charge in [0, 0.05) is 6.20 Å². The van der Waals surface area contributed by atoms with Gasteiger partial charge < -0.3 is 15.6 Å². The molecule has 16 heavy (non-hydrogen) atoms. The number of aromatic nitrogens is 1. The lowest BCUT2D eigenvalue weighted by Gasteiger charge is -2.13. The molecule has 0 bridgehead atoms. The van der Waals surface area contributed by atoms with Gasteiger partial charge in [0.1, 0.15) is 5.56 Å². The Morgan fingerprint density at radius 1 is 1.56 bits per heavy atom. The SMILES string of the molecule is COc1c(C(F)(F)F)ncc(C(=O)O)c1N. The number of halogens is 3. The van der Waals surface area contributed by atoms with Gasteiger partial charge in [-0.15, -0.1) is 0 Å². The number of methoxy groups -OCH3 is 1. The van der Waals surface area contributed by atoms with Gasteiger partial charge in [-0.1, -0.05) is 0 Å². The van der Waals surface area contributed by atoms with Crippen molar-refractivity contribution < 1.29 is 27.8 Å². The number of hydrogen-bond acceptors (Lipinski definition) is 4. The van der Waals surface area contributed by atoms with Crippen LogP contribution in [0.1, 0.15) is 16.1 Å². The van der Waals surface area contributed by atoms with Gasteiger partial charge in [0.2, 0.25) is 0 Å². The van der Waals surface area contributed by atoms with Gasteiger partial charge in [0.15, 0.2) is 11.4 Å². The number of alkyl halides is 3. The van der Waals surface area contributed by atoms with Crippen LogP contribution in [0.5, 0.6) is 5.75 Å². The molecule has 0 aliphatic heterocycles. The Bertz CT molecular complexity index is 431. The summed E-state index contributed by atoms with van der Waals surface area (Å²) in [5.41, 5.74) is 2.76. The molecule has 8 heteroatoms. The van der Waals surface area contributed by atoms with E-state index in [2.05, 4.69) is 9.72 Å². The van der Waals surface area contributed by atoms with Crippen LogP contribution in [0.2, 0.25) is 0 Å². The molecule has 0 spiro atoms. The molecule has 0 atom stereocenters. The summed E-state index contributed by atoms with van der Waals surface area (Å²) < 4.78 is 41.6. The number of anilines is 1. The van der Waals surface area contributed by atoms with Crippen LogP contribution in [0, 0.1) is 0 Å². The van der Waals surface area contributed by atoms with Crippen molar-refractivity contribution in [2.24, 2.45) is 0 Å². The Labute approximate surface area is 87.7 Å². The summed E-state index contributed by atoms with van der Waals surface area (Å²) in [6.45, 7) is 0. The van der Waals surface area contributed by atoms with E-state index in [1.165, 1.54) is 0 Å². The molecule has 1 heterocycles. The fourth-order valence-electron chi connectivity index (χ4n) is 1.09. The standard InChI is InChI=1S/C8H7F3N2O3/c1-16-5-4(12)3(7(14)15)2-13-6(5)8(9,10)11/h2H,1H3,(H2,12,13)(H,14,15). The first-order chi connectivity index (χ1) is 7.29. The van der Waals surface area contributed by atoms with E-state index in [0.717, 1.165) is 7.11 Å². The minimum Gasteiger partial charge on any atom is -0.492 e. The first kappa shape index (κ1) is 12.1. The predicted octanol–water partition coefficient (Wildman–Crippen LogP) is 1.39. The highest BCUT2D eigenvalue weighted by Crippen LogP contribution is 2.38. The monoisotopic (exact) mass is 236 g/mol. The number of carboxylic acid groups (broad SMARTS) is 1. The maximum absolute atomic E-state index is 12.4. The molecular formula is C8H7F3N2O3. The minimum absolute atomic E-state index is 0.537. The Morgan fingerprint density at radius 3 is 2.50 bits per heavy atom. The zero-order chi connectivity index (χ0) is 12.5. The van der Waals surface area contributed by atoms with Crippen molar-refractivity contribution in [2.75, 3.05) is 12.8 Å². The molecule has 88 valence electrons. The summed E-state index contributed by atoms with van der Waals surface area (Å²) in [6.07, 6.45) is -4.21. The second-order valence-corrected chi connectivity index (χ2v) is 2.77. The summed E-state index contributed by atoms with van der Waals surface area (Å²) >= 11 is 0. The fourth-order valence-corrected chi connectivity index (χ4v) is 1.09. The number of aromatic carboxylic acids is 1. The van der Waals surface area contributed by atoms with E-state index in [-0.39, 0.29) is 0 Å². The van der Waals surface area contributed by atoms with Crippen LogP contribution in [-0.4, -0.2) is 23.2 Å². The van der Waals surface area contributed by atoms with Gasteiger partial charge in [0.25, 0.3) is 0 Å². The molecule has 1 aromatic heterocycles. The van der Waals surface area contributed by atoms with E-state index >= 15 is 0 Å². The molecule has 0 unspecified atom stereocenters. The van der Waals surface area contributed by atoms with Gasteiger partial charge in [0.05, 0.1) is 12.8 Å². The molecule has 0 fully saturated rings. The second kappa shape index (κ2) is 3.87. The molecule has 0 saturated heterocycles. The third kappa shape index (κ3) is 2.00. The van der Waals surface area contributed by atoms with Crippen LogP contribution in [0.25, 0.3) is 0 Å². The zero-order valence-electron chi connectivity index (χ0n) is 8.00. The van der Waals surface area contributed by atoms with Gasteiger partial charge in [-0.25, -0.2) is 9.78 Å². The van der Waals surface area contributed by atoms with Crippen molar-refractivity contribution in [3.05, 3.63) is 17.5 Å². The van der Waals surface area contributed by atoms with E-state index < -0.39 is 34.8 Å². The number of ether oxygens (including phenoxy) is 1. The van der Waals surface area contributed by atoms with Crippen LogP contribution in [0.15, 0.2) is 6.20 Å². The molecule has 1 rings (SSSR count). The van der Waals surface area contributed by atoms with Crippen LogP contribution < -0.4 is 10.5 Å². The molecule has 0 aromatic carbocycles. The molecule has 3 N–H and O–H groups in total. The van der Waals surface area contributed by atoms with Crippen LogP contribution in [-0.2, 0) is 6.18 Å². The molecule has 0 saturated carbocycles. The van der Waals surface area contributed by atoms with E-state index in [1.807, 2.05) is 0 Å². The first-order valence-corrected chi connectivity index (χ1v) is 3.92. The average molecular weight is 236 g/mol. The highest BCUT2D eigenvalue weighted by atomic mass is 19.4. The molecule has 5 nitrogen and oxygen atoms in total. The Hall–Kier alpha value is -1.99. The van der Waals surface area contributed by atoms with E-state index in [9.17, 15) is 18.0 Å². The van der Waals surface area contributed by atoms with Gasteiger partial charge >= 0.3 is 12.1 Å². The average Bonchev–Trinajstić information content (AvgIpc) is 2.15. The van der Waals surface area contributed by atoms with Gasteiger partial charge in [-0.3, -0.25) is 0 Å². The molecule has 0 radical (unpaired) electrons. The third-order valence-corrected chi connectivity index (χ3v) is 1.78. The van der Waals surface area contributed by atoms with E-state index in [1.54, 1.807) is 0 Å². The summed E-state index contributed by atoms with van der Waals surface area (Å²) in [7, 11) is 0.953. The lowest BCUT2D eigenvalue weighted by Crippen LogP contribution is -2.14. The summed E-state index contributed by atoms with van der Waals surface area (Å²) in [6, 6.07) is 0. The van der Waals surface area contributed by atoms with Crippen molar-refractivity contribution in [2.45, 2.75) is 6.18 Å². The van der Waals surface area contributed by atoms with Gasteiger partial charge in [-0.2, -0.15) is 13.2 Å². The van der Waals surface area contributed by atoms with Crippen molar-refractivity contribution >= 4 is 11.7 Å². The summed E-state index contributed by atoms with van der Waals surface area (Å²) in [5, 5.41) is 8.62. The number of nitrogen functional groups attached to an aromatic ring is 1. The Morgan fingerprint density at radius 2 is 2.12 bits per heavy atom. The Kier molecular flexibility index (Phi) is 2.92. The van der Waals surface area contributed by atoms with Crippen LogP contribution in [0.4, 0.5) is 18.9 Å². The number of rotatable bonds is 2. The minimum atomic E-state index is -4.75. The molecule has 0 aliphatic carbocycles. The van der Waals surface area contributed by atoms with Crippen molar-refractivity contribution in [3.8, 4) is 5.75 Å². The lowest BCUT2D eigenvalue weighted by atomic mass is 10.2. The van der Waals surface area contributed by atoms with Crippen LogP contribution >= 0.6 is 0 Å². The quantitative estimate of drug-likeness (QED) is 0.810. The van der Waals surface area contributed by atoms with Crippen molar-refractivity contribution in [1.29, 1.82) is 0 Å². The van der Waals surface area contributed by atoms with Crippen molar-refractivity contribution in [3.63, 3.8) is 0 Å². The number of nitrogens with two attached hydrogens (primary N) is 1. The number of carbonyl (C=O) groups is 1. The number of nitrogens with zero attached hydrogens (tertiary/aromatic N) is 1. The highest BCUT2D eigenvalue weighted by molar-refractivity contribution is 5.95. The largest absolute Gasteiger partial charge is 0.492 e. The highest BCUT2D eigenvalue weighted by Gasteiger charge is 2.38. The lowest BCUT2D eigenvalue weighted by molar-refractivity contribution is -0.142. The van der Waals surface area contributed by atoms with Crippen molar-refractivity contribution in [1.82, 2.24) is 4.98 Å². The fraction of sp³-hybridized carbons (Fsp3) is 0.250. The van der Waals surface area contributed by atoms with Crippen LogP contribution in [0.3, 0.4) is 0 Å². The molecule has 0 amide bonds. The number of hydrogen-bond donors (Lipinski definition) is 2. The molecule has 1 aromatic rings. The number of pyridine rings is 1. The number of carboxylic acids is 1. The summed E-state index contributed by atoms with van der Waals surface area (Å²) in [4.78, 5) is 13.6. The maximum atomic E-state index is 12.4. The summed E-state index contributed by atoms with van der Waals surface area (Å²) in [5.74, 6) is -2.26. The predicted molar refractivity (Wildman–Crippen MR) is 47.2 cm³/mol. The topological polar surface area (TPSA) is 85.4 Å². The Balaban J connectivity index is 3.47. The third-order valence-electron chi connectivity index (χ3n) is 1.78. The second-order valence-electron chi connectivity index (χ2n) is 2.77. The first-order valence-electron chi connectivity index (χ1n) is 3.92. The van der Waals surface area contributed by atoms with E-state index in [0.29, 0.717) is 6.20 Å². The van der Waals surface area contributed by atoms with E-state index in [4.69, 9.17) is 10.8 Å². The molecule has 0 aliphatic rings. The van der Waals surface area contributed by atoms with Gasteiger partial charge in [-0.05, 0) is 0 Å². The molecular weight excluding hydrogens is 229 g/mol. The smallest absolute Gasteiger partial charge is 0.437 e.